The highest BCUT2D eigenvalue weighted by Gasteiger charge is 2.05. The molecule has 0 radical (unpaired) electrons. The van der Waals surface area contributed by atoms with Crippen molar-refractivity contribution in [3.8, 4) is 0 Å². The molecule has 0 fully saturated rings. The number of fused-ring (bicyclic) bond motifs is 1. The monoisotopic (exact) mass is 294 g/mol. The molecule has 2 rings (SSSR count). The Morgan fingerprint density at radius 2 is 2.24 bits per heavy atom. The minimum atomic E-state index is -0.862. The van der Waals surface area contributed by atoms with Crippen molar-refractivity contribution in [2.75, 3.05) is 6.54 Å². The van der Waals surface area contributed by atoms with Gasteiger partial charge in [0.2, 0.25) is 0 Å². The Bertz CT molecular complexity index is 557. The van der Waals surface area contributed by atoms with E-state index in [-0.39, 0.29) is 6.54 Å². The van der Waals surface area contributed by atoms with Crippen LogP contribution in [0, 0.1) is 0 Å². The number of nitrogens with one attached hydrogen (secondary N) is 1. The van der Waals surface area contributed by atoms with E-state index in [1.165, 1.54) is 0 Å². The third-order valence-electron chi connectivity index (χ3n) is 2.39. The van der Waals surface area contributed by atoms with Crippen molar-refractivity contribution in [1.82, 2.24) is 10.3 Å². The maximum Gasteiger partial charge on any atom is 0.317 e. The molecular weight excluding hydrogens is 284 g/mol. The molecule has 0 atom stereocenters. The van der Waals surface area contributed by atoms with E-state index in [0.29, 0.717) is 6.54 Å². The second-order valence-corrected chi connectivity index (χ2v) is 4.46. The minimum absolute atomic E-state index is 0.0512. The van der Waals surface area contributed by atoms with Crippen LogP contribution in [0.15, 0.2) is 34.9 Å². The number of carboxylic acid groups (broad SMARTS) is 1. The van der Waals surface area contributed by atoms with Gasteiger partial charge in [-0.15, -0.1) is 0 Å². The smallest absolute Gasteiger partial charge is 0.317 e. The van der Waals surface area contributed by atoms with Crippen LogP contribution in [0.25, 0.3) is 10.9 Å². The number of aromatic nitrogens is 1. The molecule has 1 aromatic carbocycles. The van der Waals surface area contributed by atoms with E-state index < -0.39 is 5.97 Å². The van der Waals surface area contributed by atoms with Crippen LogP contribution in [0.2, 0.25) is 0 Å². The van der Waals surface area contributed by atoms with Gasteiger partial charge in [0, 0.05) is 22.6 Å². The minimum Gasteiger partial charge on any atom is -0.480 e. The zero-order valence-electron chi connectivity index (χ0n) is 8.98. The van der Waals surface area contributed by atoms with Gasteiger partial charge in [-0.1, -0.05) is 28.1 Å². The molecule has 0 aliphatic carbocycles. The third-order valence-corrected chi connectivity index (χ3v) is 3.08. The van der Waals surface area contributed by atoms with Crippen molar-refractivity contribution in [1.29, 1.82) is 0 Å². The van der Waals surface area contributed by atoms with E-state index in [1.807, 2.05) is 24.3 Å². The number of benzene rings is 1. The normalized spacial score (nSPS) is 10.6. The Hall–Kier alpha value is -1.46. The number of aliphatic carboxylic acids is 1. The number of carbonyl (C=O) groups is 1. The molecule has 0 amide bonds. The molecule has 5 heteroatoms. The zero-order chi connectivity index (χ0) is 12.3. The van der Waals surface area contributed by atoms with Gasteiger partial charge < -0.3 is 10.4 Å². The molecule has 0 bridgehead atoms. The topological polar surface area (TPSA) is 62.2 Å². The fourth-order valence-electron chi connectivity index (χ4n) is 1.64. The average Bonchev–Trinajstić information content (AvgIpc) is 2.32. The van der Waals surface area contributed by atoms with Crippen LogP contribution in [0.5, 0.6) is 0 Å². The fourth-order valence-corrected chi connectivity index (χ4v) is 2.10. The molecule has 2 aromatic rings. The molecule has 88 valence electrons. The molecule has 0 aliphatic heterocycles. The van der Waals surface area contributed by atoms with Gasteiger partial charge in [0.1, 0.15) is 0 Å². The molecule has 0 saturated carbocycles. The Morgan fingerprint density at radius 1 is 1.41 bits per heavy atom. The van der Waals surface area contributed by atoms with Gasteiger partial charge in [-0.2, -0.15) is 0 Å². The highest BCUT2D eigenvalue weighted by molar-refractivity contribution is 9.10. The van der Waals surface area contributed by atoms with E-state index in [1.54, 1.807) is 6.20 Å². The second kappa shape index (κ2) is 5.25. The first-order valence-electron chi connectivity index (χ1n) is 5.13. The first kappa shape index (κ1) is 12.0. The van der Waals surface area contributed by atoms with Gasteiger partial charge in [0.05, 0.1) is 12.1 Å². The summed E-state index contributed by atoms with van der Waals surface area (Å²) < 4.78 is 0.989. The molecule has 0 unspecified atom stereocenters. The summed E-state index contributed by atoms with van der Waals surface area (Å²) in [6, 6.07) is 7.74. The van der Waals surface area contributed by atoms with Crippen molar-refractivity contribution >= 4 is 32.8 Å². The van der Waals surface area contributed by atoms with Crippen molar-refractivity contribution in [3.63, 3.8) is 0 Å². The molecule has 0 spiro atoms. The van der Waals surface area contributed by atoms with E-state index in [9.17, 15) is 4.79 Å². The fraction of sp³-hybridized carbons (Fsp3) is 0.167. The maximum atomic E-state index is 10.4. The van der Waals surface area contributed by atoms with Gasteiger partial charge in [-0.05, 0) is 17.7 Å². The molecule has 0 aliphatic rings. The highest BCUT2D eigenvalue weighted by Crippen LogP contribution is 2.24. The van der Waals surface area contributed by atoms with Crippen LogP contribution in [-0.2, 0) is 11.3 Å². The third kappa shape index (κ3) is 2.81. The number of pyridine rings is 1. The van der Waals surface area contributed by atoms with Gasteiger partial charge in [0.25, 0.3) is 0 Å². The van der Waals surface area contributed by atoms with Crippen LogP contribution < -0.4 is 5.32 Å². The van der Waals surface area contributed by atoms with Crippen LogP contribution in [0.3, 0.4) is 0 Å². The van der Waals surface area contributed by atoms with Crippen molar-refractivity contribution in [2.24, 2.45) is 0 Å². The number of hydrogen-bond donors (Lipinski definition) is 2. The van der Waals surface area contributed by atoms with E-state index in [2.05, 4.69) is 26.2 Å². The molecule has 4 nitrogen and oxygen atoms in total. The maximum absolute atomic E-state index is 10.4. The van der Waals surface area contributed by atoms with E-state index in [0.717, 1.165) is 20.9 Å². The lowest BCUT2D eigenvalue weighted by Crippen LogP contribution is -2.22. The highest BCUT2D eigenvalue weighted by atomic mass is 79.9. The Kier molecular flexibility index (Phi) is 3.71. The molecule has 1 heterocycles. The summed E-state index contributed by atoms with van der Waals surface area (Å²) in [6.45, 7) is 0.442. The summed E-state index contributed by atoms with van der Waals surface area (Å²) in [6.07, 6.45) is 1.73. The Morgan fingerprint density at radius 3 is 3.00 bits per heavy atom. The van der Waals surface area contributed by atoms with Gasteiger partial charge in [0.15, 0.2) is 0 Å². The number of halogens is 1. The van der Waals surface area contributed by atoms with Crippen molar-refractivity contribution < 1.29 is 9.90 Å². The van der Waals surface area contributed by atoms with E-state index in [4.69, 9.17) is 5.11 Å². The Balaban J connectivity index is 2.28. The summed E-state index contributed by atoms with van der Waals surface area (Å²) in [5.41, 5.74) is 1.88. The predicted octanol–water partition coefficient (Wildman–Crippen LogP) is 2.17. The molecule has 2 N–H and O–H groups in total. The molecule has 1 aromatic heterocycles. The van der Waals surface area contributed by atoms with Gasteiger partial charge in [-0.3, -0.25) is 9.78 Å². The van der Waals surface area contributed by atoms with Crippen LogP contribution >= 0.6 is 15.9 Å². The van der Waals surface area contributed by atoms with E-state index >= 15 is 0 Å². The predicted molar refractivity (Wildman–Crippen MR) is 68.8 cm³/mol. The summed E-state index contributed by atoms with van der Waals surface area (Å²) >= 11 is 3.47. The summed E-state index contributed by atoms with van der Waals surface area (Å²) in [7, 11) is 0. The van der Waals surface area contributed by atoms with Crippen LogP contribution in [0.1, 0.15) is 5.56 Å². The van der Waals surface area contributed by atoms with Gasteiger partial charge >= 0.3 is 5.97 Å². The number of carboxylic acids is 1. The lowest BCUT2D eigenvalue weighted by Gasteiger charge is -2.07. The van der Waals surface area contributed by atoms with Crippen LogP contribution in [0.4, 0.5) is 0 Å². The number of rotatable bonds is 4. The largest absolute Gasteiger partial charge is 0.480 e. The van der Waals surface area contributed by atoms with Gasteiger partial charge in [-0.25, -0.2) is 0 Å². The van der Waals surface area contributed by atoms with Crippen molar-refractivity contribution in [2.45, 2.75) is 6.54 Å². The molecule has 17 heavy (non-hydrogen) atoms. The summed E-state index contributed by atoms with van der Waals surface area (Å²) in [5, 5.41) is 12.5. The quantitative estimate of drug-likeness (QED) is 0.907. The molecule has 0 saturated heterocycles. The standard InChI is InChI=1S/C12H11BrN2O2/c13-10-4-3-8(6-14-7-11(16)17)12-9(10)2-1-5-15-12/h1-5,14H,6-7H2,(H,16,17). The Labute approximate surface area is 107 Å². The number of hydrogen-bond acceptors (Lipinski definition) is 3. The first-order valence-corrected chi connectivity index (χ1v) is 5.92. The lowest BCUT2D eigenvalue weighted by molar-refractivity contribution is -0.135. The van der Waals surface area contributed by atoms with Crippen LogP contribution in [-0.4, -0.2) is 22.6 Å². The van der Waals surface area contributed by atoms with Crippen molar-refractivity contribution in [3.05, 3.63) is 40.5 Å². The first-order chi connectivity index (χ1) is 8.18. The zero-order valence-corrected chi connectivity index (χ0v) is 10.6. The average molecular weight is 295 g/mol. The lowest BCUT2D eigenvalue weighted by atomic mass is 10.1. The SMILES string of the molecule is O=C(O)CNCc1ccc(Br)c2cccnc12. The molecular formula is C12H11BrN2O2. The second-order valence-electron chi connectivity index (χ2n) is 3.60. The summed E-state index contributed by atoms with van der Waals surface area (Å²) in [5.74, 6) is -0.862. The summed E-state index contributed by atoms with van der Waals surface area (Å²) in [4.78, 5) is 14.7. The number of nitrogens with zero attached hydrogens (tertiary/aromatic N) is 1.